The normalized spacial score (nSPS) is 20.5. The van der Waals surface area contributed by atoms with Crippen molar-refractivity contribution in [3.8, 4) is 10.4 Å². The maximum Gasteiger partial charge on any atom is 0.327 e. The molecule has 1 aromatic heterocycles. The molecule has 2 atom stereocenters. The first-order valence-corrected chi connectivity index (χ1v) is 10.9. The third-order valence-corrected chi connectivity index (χ3v) is 6.82. The smallest absolute Gasteiger partial charge is 0.327 e. The van der Waals surface area contributed by atoms with Crippen LogP contribution in [0.1, 0.15) is 29.3 Å². The number of nitrogens with one attached hydrogen (secondary N) is 1. The summed E-state index contributed by atoms with van der Waals surface area (Å²) in [4.78, 5) is 13.8. The van der Waals surface area contributed by atoms with Crippen molar-refractivity contribution in [3.05, 3.63) is 71.1 Å². The van der Waals surface area contributed by atoms with Crippen molar-refractivity contribution < 1.29 is 13.9 Å². The third kappa shape index (κ3) is 4.40. The van der Waals surface area contributed by atoms with Gasteiger partial charge in [-0.05, 0) is 72.5 Å². The van der Waals surface area contributed by atoms with Crippen molar-refractivity contribution in [1.29, 1.82) is 0 Å². The van der Waals surface area contributed by atoms with E-state index < -0.39 is 0 Å². The molecule has 29 heavy (non-hydrogen) atoms. The van der Waals surface area contributed by atoms with Crippen molar-refractivity contribution in [1.82, 2.24) is 0 Å². The van der Waals surface area contributed by atoms with E-state index in [0.717, 1.165) is 28.8 Å². The van der Waals surface area contributed by atoms with Gasteiger partial charge >= 0.3 is 8.69 Å². The largest absolute Gasteiger partial charge is 0.397 e. The van der Waals surface area contributed by atoms with Gasteiger partial charge in [0.25, 0.3) is 5.91 Å². The predicted molar refractivity (Wildman–Crippen MR) is 117 cm³/mol. The van der Waals surface area contributed by atoms with E-state index in [0.29, 0.717) is 22.9 Å². The molecule has 0 saturated heterocycles. The van der Waals surface area contributed by atoms with Crippen LogP contribution < -0.4 is 11.1 Å². The monoisotopic (exact) mass is 424 g/mol. The molecule has 0 spiro atoms. The summed E-state index contributed by atoms with van der Waals surface area (Å²) in [6.07, 6.45) is 1.73. The fourth-order valence-corrected chi connectivity index (χ4v) is 4.56. The Labute approximate surface area is 175 Å². The maximum atomic E-state index is 12.7. The van der Waals surface area contributed by atoms with Crippen LogP contribution in [0, 0.1) is 5.92 Å². The molecule has 1 saturated carbocycles. The topological polar surface area (TPSA) is 81.4 Å². The Morgan fingerprint density at radius 2 is 2.07 bits per heavy atom. The van der Waals surface area contributed by atoms with E-state index in [1.54, 1.807) is 11.3 Å². The number of carbonyl (C=O) groups is 1. The molecule has 2 unspecified atom stereocenters. The molecule has 0 bridgehead atoms. The second kappa shape index (κ2) is 8.07. The van der Waals surface area contributed by atoms with Gasteiger partial charge in [-0.25, -0.2) is 4.57 Å². The number of hydrogen-bond acceptors (Lipinski definition) is 5. The Hall–Kier alpha value is -2.53. The van der Waals surface area contributed by atoms with Gasteiger partial charge in [0, 0.05) is 10.4 Å². The Bertz CT molecular complexity index is 1040. The molecular weight excluding hydrogens is 403 g/mol. The number of carbonyl (C=O) groups excluding carboxylic acids is 1. The lowest BCUT2D eigenvalue weighted by Gasteiger charge is -2.11. The highest BCUT2D eigenvalue weighted by molar-refractivity contribution is 7.17. The molecule has 1 aliphatic carbocycles. The van der Waals surface area contributed by atoms with Crippen LogP contribution in [-0.2, 0) is 15.5 Å². The maximum absolute atomic E-state index is 12.7. The van der Waals surface area contributed by atoms with Gasteiger partial charge in [0.1, 0.15) is 0 Å². The number of nitrogen functional groups attached to an aromatic ring is 1. The van der Waals surface area contributed by atoms with E-state index in [9.17, 15) is 9.36 Å². The lowest BCUT2D eigenvalue weighted by molar-refractivity contribution is 0.102. The van der Waals surface area contributed by atoms with Crippen LogP contribution in [-0.4, -0.2) is 11.5 Å². The van der Waals surface area contributed by atoms with Gasteiger partial charge in [0.2, 0.25) is 0 Å². The summed E-state index contributed by atoms with van der Waals surface area (Å²) >= 11 is 1.64. The van der Waals surface area contributed by atoms with Crippen molar-refractivity contribution in [2.24, 2.45) is 5.92 Å². The minimum absolute atomic E-state index is 0.198. The van der Waals surface area contributed by atoms with Crippen LogP contribution in [0.2, 0.25) is 0 Å². The first-order chi connectivity index (χ1) is 14.0. The Morgan fingerprint density at radius 3 is 2.76 bits per heavy atom. The molecular formula is C22H21N2O3PS. The van der Waals surface area contributed by atoms with Gasteiger partial charge in [0.05, 0.1) is 17.0 Å². The molecule has 1 fully saturated rings. The molecule has 148 valence electrons. The number of nitrogens with two attached hydrogens (primary N) is 1. The zero-order chi connectivity index (χ0) is 20.4. The second-order valence-electron chi connectivity index (χ2n) is 7.51. The van der Waals surface area contributed by atoms with E-state index in [1.807, 2.05) is 66.9 Å². The van der Waals surface area contributed by atoms with E-state index in [4.69, 9.17) is 10.3 Å². The number of thiophene rings is 1. The third-order valence-electron chi connectivity index (χ3n) is 5.41. The molecule has 0 aliphatic heterocycles. The van der Waals surface area contributed by atoms with Crippen LogP contribution in [0.15, 0.2) is 60.0 Å². The number of rotatable bonds is 7. The molecule has 1 heterocycles. The standard InChI is InChI=1S/C22H21N2O3PS/c1-22(27-28-26)13-17(22)11-14-4-6-15(7-5-14)21(25)24-19-12-16(8-9-18(19)23)20-3-2-10-29-20/h2-10,12,17H,11,13,23H2,1H3,(H,24,25). The lowest BCUT2D eigenvalue weighted by atomic mass is 10.0. The fourth-order valence-electron chi connectivity index (χ4n) is 3.45. The summed E-state index contributed by atoms with van der Waals surface area (Å²) in [7, 11) is -0.271. The Morgan fingerprint density at radius 1 is 1.28 bits per heavy atom. The molecule has 7 heteroatoms. The van der Waals surface area contributed by atoms with Crippen molar-refractivity contribution in [3.63, 3.8) is 0 Å². The summed E-state index contributed by atoms with van der Waals surface area (Å²) in [6.45, 7) is 1.97. The first kappa shape index (κ1) is 19.8. The number of amides is 1. The highest BCUT2D eigenvalue weighted by atomic mass is 32.1. The minimum Gasteiger partial charge on any atom is -0.397 e. The predicted octanol–water partition coefficient (Wildman–Crippen LogP) is 5.79. The van der Waals surface area contributed by atoms with Gasteiger partial charge < -0.3 is 11.1 Å². The second-order valence-corrected chi connectivity index (χ2v) is 8.79. The molecule has 0 radical (unpaired) electrons. The van der Waals surface area contributed by atoms with Crippen molar-refractivity contribution in [2.45, 2.75) is 25.4 Å². The first-order valence-electron chi connectivity index (χ1n) is 9.33. The highest BCUT2D eigenvalue weighted by Crippen LogP contribution is 2.50. The molecule has 2 aromatic carbocycles. The molecule has 3 aromatic rings. The van der Waals surface area contributed by atoms with Crippen molar-refractivity contribution >= 4 is 37.3 Å². The fraction of sp³-hybridized carbons (Fsp3) is 0.227. The molecule has 1 aliphatic rings. The molecule has 5 nitrogen and oxygen atoms in total. The highest BCUT2D eigenvalue weighted by Gasteiger charge is 2.51. The van der Waals surface area contributed by atoms with E-state index >= 15 is 0 Å². The Balaban J connectivity index is 1.43. The molecule has 1 amide bonds. The number of hydrogen-bond donors (Lipinski definition) is 2. The summed E-state index contributed by atoms with van der Waals surface area (Å²) < 4.78 is 15.9. The average Bonchev–Trinajstić information content (AvgIpc) is 3.09. The van der Waals surface area contributed by atoms with E-state index in [-0.39, 0.29) is 20.2 Å². The SMILES string of the molecule is CC1(OP=O)CC1Cc1ccc(C(=O)Nc2cc(-c3cccs3)ccc2N)cc1. The van der Waals surface area contributed by atoms with Crippen LogP contribution in [0.4, 0.5) is 11.4 Å². The molecule has 4 rings (SSSR count). The van der Waals surface area contributed by atoms with Crippen LogP contribution in [0.3, 0.4) is 0 Å². The lowest BCUT2D eigenvalue weighted by Crippen LogP contribution is -2.13. The zero-order valence-electron chi connectivity index (χ0n) is 15.9. The summed E-state index contributed by atoms with van der Waals surface area (Å²) in [5.41, 5.74) is 9.61. The summed E-state index contributed by atoms with van der Waals surface area (Å²) in [5.74, 6) is 0.153. The van der Waals surface area contributed by atoms with Gasteiger partial charge in [-0.3, -0.25) is 9.32 Å². The van der Waals surface area contributed by atoms with E-state index in [2.05, 4.69) is 5.32 Å². The van der Waals surface area contributed by atoms with Gasteiger partial charge in [-0.2, -0.15) is 0 Å². The molecule has 3 N–H and O–H groups in total. The van der Waals surface area contributed by atoms with Crippen LogP contribution >= 0.6 is 20.0 Å². The number of anilines is 2. The zero-order valence-corrected chi connectivity index (χ0v) is 17.6. The van der Waals surface area contributed by atoms with Gasteiger partial charge in [-0.1, -0.05) is 24.3 Å². The average molecular weight is 424 g/mol. The van der Waals surface area contributed by atoms with Gasteiger partial charge in [-0.15, -0.1) is 11.3 Å². The van der Waals surface area contributed by atoms with E-state index in [1.165, 1.54) is 0 Å². The summed E-state index contributed by atoms with van der Waals surface area (Å²) in [5, 5.41) is 4.93. The minimum atomic E-state index is -0.301. The van der Waals surface area contributed by atoms with Crippen LogP contribution in [0.25, 0.3) is 10.4 Å². The number of benzene rings is 2. The summed E-state index contributed by atoms with van der Waals surface area (Å²) in [6, 6.07) is 17.2. The van der Waals surface area contributed by atoms with Crippen LogP contribution in [0.5, 0.6) is 0 Å². The van der Waals surface area contributed by atoms with Crippen molar-refractivity contribution in [2.75, 3.05) is 11.1 Å². The quantitative estimate of drug-likeness (QED) is 0.371. The van der Waals surface area contributed by atoms with Gasteiger partial charge in [0.15, 0.2) is 0 Å². The Kier molecular flexibility index (Phi) is 5.50.